The third-order valence-corrected chi connectivity index (χ3v) is 7.51. The first-order valence-electron chi connectivity index (χ1n) is 12.3. The van der Waals surface area contributed by atoms with Crippen LogP contribution in [0.15, 0.2) is 42.5 Å². The molecule has 0 saturated carbocycles. The van der Waals surface area contributed by atoms with E-state index < -0.39 is 0 Å². The summed E-state index contributed by atoms with van der Waals surface area (Å²) >= 11 is 0. The minimum atomic E-state index is 0.0534. The van der Waals surface area contributed by atoms with Crippen molar-refractivity contribution in [1.82, 2.24) is 9.80 Å². The number of rotatable bonds is 6. The van der Waals surface area contributed by atoms with Gasteiger partial charge in [-0.15, -0.1) is 0 Å². The van der Waals surface area contributed by atoms with Crippen LogP contribution in [0.3, 0.4) is 0 Å². The number of carbonyl (C=O) groups excluding carboxylic acids is 1. The van der Waals surface area contributed by atoms with E-state index in [9.17, 15) is 4.79 Å². The minimum absolute atomic E-state index is 0.0534. The second-order valence-corrected chi connectivity index (χ2v) is 11.5. The molecule has 0 N–H and O–H groups in total. The lowest BCUT2D eigenvalue weighted by molar-refractivity contribution is 0.0922. The number of nitrogens with zero attached hydrogens (tertiary/aromatic N) is 2. The Bertz CT molecular complexity index is 947. The van der Waals surface area contributed by atoms with Crippen LogP contribution in [-0.2, 0) is 23.8 Å². The van der Waals surface area contributed by atoms with Crippen LogP contribution in [-0.4, -0.2) is 48.3 Å². The maximum absolute atomic E-state index is 13.4. The van der Waals surface area contributed by atoms with Gasteiger partial charge in [-0.2, -0.15) is 0 Å². The van der Waals surface area contributed by atoms with Crippen LogP contribution in [0.5, 0.6) is 0 Å². The molecular formula is C29H40N2O. The highest BCUT2D eigenvalue weighted by Crippen LogP contribution is 2.42. The Morgan fingerprint density at radius 2 is 1.62 bits per heavy atom. The maximum Gasteiger partial charge on any atom is 0.164 e. The van der Waals surface area contributed by atoms with Gasteiger partial charge in [0, 0.05) is 51.3 Å². The summed E-state index contributed by atoms with van der Waals surface area (Å²) in [6, 6.07) is 15.3. The highest BCUT2D eigenvalue weighted by molar-refractivity contribution is 5.98. The van der Waals surface area contributed by atoms with Crippen molar-refractivity contribution < 1.29 is 4.79 Å². The second kappa shape index (κ2) is 9.11. The van der Waals surface area contributed by atoms with Crippen LogP contribution in [0, 0.1) is 0 Å². The van der Waals surface area contributed by atoms with Crippen molar-refractivity contribution >= 4 is 5.78 Å². The van der Waals surface area contributed by atoms with E-state index in [-0.39, 0.29) is 10.8 Å². The van der Waals surface area contributed by atoms with Crippen LogP contribution in [0.25, 0.3) is 0 Å². The maximum atomic E-state index is 13.4. The van der Waals surface area contributed by atoms with Crippen LogP contribution >= 0.6 is 0 Å². The van der Waals surface area contributed by atoms with Gasteiger partial charge < -0.3 is 4.90 Å². The largest absolute Gasteiger partial charge is 0.300 e. The Labute approximate surface area is 194 Å². The zero-order valence-electron chi connectivity index (χ0n) is 20.7. The monoisotopic (exact) mass is 432 g/mol. The van der Waals surface area contributed by atoms with Crippen LogP contribution in [0.1, 0.15) is 80.1 Å². The van der Waals surface area contributed by atoms with Crippen molar-refractivity contribution in [1.29, 1.82) is 0 Å². The van der Waals surface area contributed by atoms with E-state index >= 15 is 0 Å². The molecule has 0 unspecified atom stereocenters. The smallest absolute Gasteiger partial charge is 0.164 e. The highest BCUT2D eigenvalue weighted by Gasteiger charge is 2.34. The number of benzene rings is 2. The topological polar surface area (TPSA) is 23.6 Å². The fraction of sp³-hybridized carbons (Fsp3) is 0.552. The van der Waals surface area contributed by atoms with Gasteiger partial charge in [0.1, 0.15) is 0 Å². The van der Waals surface area contributed by atoms with Crippen molar-refractivity contribution in [3.05, 3.63) is 70.3 Å². The fourth-order valence-electron chi connectivity index (χ4n) is 5.21. The molecule has 0 radical (unpaired) electrons. The summed E-state index contributed by atoms with van der Waals surface area (Å²) in [5.74, 6) is 0.330. The molecule has 3 heteroatoms. The van der Waals surface area contributed by atoms with E-state index in [0.29, 0.717) is 12.2 Å². The number of ketones is 1. The molecule has 2 aromatic rings. The molecule has 0 atom stereocenters. The average molecular weight is 433 g/mol. The van der Waals surface area contributed by atoms with Crippen LogP contribution in [0.4, 0.5) is 0 Å². The molecule has 1 fully saturated rings. The third-order valence-electron chi connectivity index (χ3n) is 7.51. The first-order valence-corrected chi connectivity index (χ1v) is 12.3. The predicted molar refractivity (Wildman–Crippen MR) is 134 cm³/mol. The minimum Gasteiger partial charge on any atom is -0.300 e. The number of fused-ring (bicyclic) bond motifs is 1. The summed E-state index contributed by atoms with van der Waals surface area (Å²) < 4.78 is 0. The number of hydrogen-bond acceptors (Lipinski definition) is 3. The van der Waals surface area contributed by atoms with Crippen molar-refractivity contribution in [3.8, 4) is 0 Å². The predicted octanol–water partition coefficient (Wildman–Crippen LogP) is 5.60. The zero-order valence-corrected chi connectivity index (χ0v) is 20.7. The molecule has 2 aliphatic rings. The molecule has 172 valence electrons. The van der Waals surface area contributed by atoms with E-state index in [4.69, 9.17) is 0 Å². The zero-order chi connectivity index (χ0) is 22.9. The number of hydrogen-bond donors (Lipinski definition) is 0. The SMILES string of the molecule is CC(C)(C)c1cc(C(=O)CCN2CCN(Cc3ccccc3)CC2)c2c(c1)C(C)(C)CC2. The molecule has 0 aromatic heterocycles. The van der Waals surface area contributed by atoms with Crippen LogP contribution in [0.2, 0.25) is 0 Å². The Kier molecular flexibility index (Phi) is 6.61. The van der Waals surface area contributed by atoms with Gasteiger partial charge >= 0.3 is 0 Å². The van der Waals surface area contributed by atoms with Crippen LogP contribution < -0.4 is 0 Å². The van der Waals surface area contributed by atoms with Gasteiger partial charge in [-0.25, -0.2) is 0 Å². The fourth-order valence-corrected chi connectivity index (χ4v) is 5.21. The first kappa shape index (κ1) is 23.2. The molecule has 32 heavy (non-hydrogen) atoms. The summed E-state index contributed by atoms with van der Waals surface area (Å²) in [5.41, 5.74) is 6.62. The summed E-state index contributed by atoms with van der Waals surface area (Å²) in [4.78, 5) is 18.4. The normalized spacial score (nSPS) is 19.2. The van der Waals surface area contributed by atoms with Gasteiger partial charge in [0.15, 0.2) is 5.78 Å². The summed E-state index contributed by atoms with van der Waals surface area (Å²) in [7, 11) is 0. The van der Waals surface area contributed by atoms with Gasteiger partial charge in [-0.05, 0) is 52.0 Å². The van der Waals surface area contributed by atoms with Crippen molar-refractivity contribution in [2.24, 2.45) is 0 Å². The Morgan fingerprint density at radius 3 is 2.28 bits per heavy atom. The molecule has 0 spiro atoms. The van der Waals surface area contributed by atoms with Gasteiger partial charge in [0.25, 0.3) is 0 Å². The summed E-state index contributed by atoms with van der Waals surface area (Å²) in [6.07, 6.45) is 2.80. The third kappa shape index (κ3) is 5.15. The Morgan fingerprint density at radius 1 is 0.969 bits per heavy atom. The second-order valence-electron chi connectivity index (χ2n) is 11.5. The molecule has 3 nitrogen and oxygen atoms in total. The Hall–Kier alpha value is -1.97. The summed E-state index contributed by atoms with van der Waals surface area (Å²) in [5, 5.41) is 0. The number of carbonyl (C=O) groups is 1. The summed E-state index contributed by atoms with van der Waals surface area (Å²) in [6.45, 7) is 17.5. The average Bonchev–Trinajstić information content (AvgIpc) is 3.07. The molecule has 0 amide bonds. The lowest BCUT2D eigenvalue weighted by Gasteiger charge is -2.34. The van der Waals surface area contributed by atoms with E-state index in [0.717, 1.165) is 57.7 Å². The Balaban J connectivity index is 1.38. The highest BCUT2D eigenvalue weighted by atomic mass is 16.1. The van der Waals surface area contributed by atoms with Gasteiger partial charge in [-0.1, -0.05) is 71.0 Å². The number of Topliss-reactive ketones (excluding diaryl/α,β-unsaturated/α-hetero) is 1. The molecular weight excluding hydrogens is 392 g/mol. The molecule has 1 aliphatic carbocycles. The van der Waals surface area contributed by atoms with Gasteiger partial charge in [-0.3, -0.25) is 9.69 Å². The molecule has 0 bridgehead atoms. The molecule has 1 aliphatic heterocycles. The molecule has 2 aromatic carbocycles. The first-order chi connectivity index (χ1) is 15.1. The van der Waals surface area contributed by atoms with Crippen molar-refractivity contribution in [2.45, 2.75) is 71.3 Å². The van der Waals surface area contributed by atoms with E-state index in [2.05, 4.69) is 86.9 Å². The van der Waals surface area contributed by atoms with Crippen molar-refractivity contribution in [3.63, 3.8) is 0 Å². The molecule has 4 rings (SSSR count). The standard InChI is InChI=1S/C29H40N2O/c1-28(2,3)23-19-25(24-11-13-29(4,5)26(24)20-23)27(32)12-14-30-15-17-31(18-16-30)21-22-9-7-6-8-10-22/h6-10,19-20H,11-18,21H2,1-5H3. The molecule has 1 saturated heterocycles. The van der Waals surface area contributed by atoms with E-state index in [1.165, 1.54) is 22.3 Å². The lowest BCUT2D eigenvalue weighted by atomic mass is 9.79. The van der Waals surface area contributed by atoms with Gasteiger partial charge in [0.05, 0.1) is 0 Å². The quantitative estimate of drug-likeness (QED) is 0.555. The van der Waals surface area contributed by atoms with Crippen molar-refractivity contribution in [2.75, 3.05) is 32.7 Å². The van der Waals surface area contributed by atoms with E-state index in [1.54, 1.807) is 0 Å². The van der Waals surface area contributed by atoms with E-state index in [1.807, 2.05) is 0 Å². The van der Waals surface area contributed by atoms with Gasteiger partial charge in [0.2, 0.25) is 0 Å². The molecule has 1 heterocycles. The lowest BCUT2D eigenvalue weighted by Crippen LogP contribution is -2.46. The number of piperazine rings is 1.